The average molecular weight is 314 g/mol. The van der Waals surface area contributed by atoms with E-state index < -0.39 is 0 Å². The number of piperazine rings is 1. The lowest BCUT2D eigenvalue weighted by atomic mass is 10.0. The van der Waals surface area contributed by atoms with Gasteiger partial charge in [-0.3, -0.25) is 0 Å². The molecule has 2 aromatic rings. The van der Waals surface area contributed by atoms with Crippen molar-refractivity contribution < 1.29 is 4.48 Å². The van der Waals surface area contributed by atoms with Crippen LogP contribution in [0.3, 0.4) is 0 Å². The van der Waals surface area contributed by atoms with E-state index in [2.05, 4.69) is 29.2 Å². The predicted molar refractivity (Wildman–Crippen MR) is 92.4 cm³/mol. The number of rotatable bonds is 1. The summed E-state index contributed by atoms with van der Waals surface area (Å²) in [6.45, 7) is 7.98. The minimum Gasteiger partial charge on any atom is -0.344 e. The average Bonchev–Trinajstić information content (AvgIpc) is 3.22. The minimum absolute atomic E-state index is 1.05. The van der Waals surface area contributed by atoms with Gasteiger partial charge in [-0.05, 0) is 36.5 Å². The van der Waals surface area contributed by atoms with E-state index in [1.165, 1.54) is 78.9 Å². The van der Waals surface area contributed by atoms with Crippen LogP contribution in [0.5, 0.6) is 0 Å². The third kappa shape index (κ3) is 2.00. The smallest absolute Gasteiger partial charge is 0.150 e. The minimum atomic E-state index is 1.05. The third-order valence-corrected chi connectivity index (χ3v) is 7.22. The third-order valence-electron chi connectivity index (χ3n) is 6.41. The molecule has 2 atom stereocenters. The number of fused-ring (bicyclic) bond motifs is 2. The molecule has 1 spiro atoms. The number of anilines is 1. The molecule has 5 rings (SSSR count). The zero-order valence-corrected chi connectivity index (χ0v) is 13.9. The van der Waals surface area contributed by atoms with Gasteiger partial charge in [0.1, 0.15) is 0 Å². The molecule has 0 N–H and O–H groups in total. The van der Waals surface area contributed by atoms with Crippen molar-refractivity contribution in [1.29, 1.82) is 0 Å². The molecular formula is C18H24N3S+. The first-order valence-corrected chi connectivity index (χ1v) is 9.55. The van der Waals surface area contributed by atoms with Crippen molar-refractivity contribution in [3.05, 3.63) is 24.3 Å². The molecule has 22 heavy (non-hydrogen) atoms. The molecule has 1 aromatic heterocycles. The van der Waals surface area contributed by atoms with Gasteiger partial charge in [-0.1, -0.05) is 18.6 Å². The van der Waals surface area contributed by atoms with Gasteiger partial charge < -0.3 is 9.38 Å². The van der Waals surface area contributed by atoms with Gasteiger partial charge in [0.2, 0.25) is 0 Å². The Morgan fingerprint density at radius 3 is 2.55 bits per heavy atom. The van der Waals surface area contributed by atoms with Crippen LogP contribution >= 0.6 is 11.5 Å². The largest absolute Gasteiger partial charge is 0.344 e. The maximum absolute atomic E-state index is 4.75. The number of hydrogen-bond donors (Lipinski definition) is 0. The number of hydrogen-bond acceptors (Lipinski definition) is 3. The van der Waals surface area contributed by atoms with Gasteiger partial charge in [0.25, 0.3) is 0 Å². The fourth-order valence-corrected chi connectivity index (χ4v) is 6.03. The van der Waals surface area contributed by atoms with E-state index in [1.54, 1.807) is 11.5 Å². The molecule has 3 heterocycles. The first kappa shape index (κ1) is 13.3. The lowest BCUT2D eigenvalue weighted by Gasteiger charge is -2.43. The maximum Gasteiger partial charge on any atom is 0.150 e. The summed E-state index contributed by atoms with van der Waals surface area (Å²) < 4.78 is 7.48. The first-order chi connectivity index (χ1) is 10.8. The zero-order valence-electron chi connectivity index (χ0n) is 13.1. The molecule has 2 saturated heterocycles. The Balaban J connectivity index is 1.34. The Bertz CT molecular complexity index is 672. The highest BCUT2D eigenvalue weighted by molar-refractivity contribution is 7.13. The van der Waals surface area contributed by atoms with Crippen LogP contribution in [0.2, 0.25) is 0 Å². The van der Waals surface area contributed by atoms with E-state index in [9.17, 15) is 0 Å². The highest BCUT2D eigenvalue weighted by Gasteiger charge is 2.48. The second-order valence-electron chi connectivity index (χ2n) is 7.59. The number of nitrogens with zero attached hydrogens (tertiary/aromatic N) is 3. The van der Waals surface area contributed by atoms with Gasteiger partial charge in [0, 0.05) is 17.2 Å². The first-order valence-electron chi connectivity index (χ1n) is 8.77. The molecule has 0 bridgehead atoms. The Labute approximate surface area is 136 Å². The Kier molecular flexibility index (Phi) is 2.99. The Morgan fingerprint density at radius 2 is 1.77 bits per heavy atom. The summed E-state index contributed by atoms with van der Waals surface area (Å²) in [5.74, 6) is 3.33. The van der Waals surface area contributed by atoms with Gasteiger partial charge in [-0.2, -0.15) is 4.37 Å². The summed E-state index contributed by atoms with van der Waals surface area (Å²) in [6, 6.07) is 8.67. The lowest BCUT2D eigenvalue weighted by molar-refractivity contribution is -0.920. The van der Waals surface area contributed by atoms with Crippen LogP contribution < -0.4 is 4.90 Å². The van der Waals surface area contributed by atoms with Gasteiger partial charge in [-0.25, -0.2) is 0 Å². The van der Waals surface area contributed by atoms with Crippen LogP contribution in [-0.4, -0.2) is 48.1 Å². The van der Waals surface area contributed by atoms with Crippen molar-refractivity contribution in [3.8, 4) is 0 Å². The normalized spacial score (nSPS) is 30.3. The van der Waals surface area contributed by atoms with Crippen LogP contribution in [0.25, 0.3) is 10.1 Å². The molecule has 0 amide bonds. The molecule has 2 unspecified atom stereocenters. The molecule has 3 nitrogen and oxygen atoms in total. The SMILES string of the molecule is c1ccc2c(N3CC[N+]4(CC3)CC3CCCC3C4)nsc2c1. The van der Waals surface area contributed by atoms with Gasteiger partial charge >= 0.3 is 0 Å². The van der Waals surface area contributed by atoms with Gasteiger partial charge in [-0.15, -0.1) is 0 Å². The van der Waals surface area contributed by atoms with Crippen LogP contribution in [0.15, 0.2) is 24.3 Å². The molecule has 1 aliphatic carbocycles. The van der Waals surface area contributed by atoms with Crippen molar-refractivity contribution >= 4 is 27.4 Å². The highest BCUT2D eigenvalue weighted by Crippen LogP contribution is 2.42. The second kappa shape index (κ2) is 4.93. The van der Waals surface area contributed by atoms with E-state index in [1.807, 2.05) is 0 Å². The van der Waals surface area contributed by atoms with Crippen molar-refractivity contribution in [1.82, 2.24) is 4.37 Å². The molecule has 3 aliphatic rings. The van der Waals surface area contributed by atoms with E-state index in [-0.39, 0.29) is 0 Å². The van der Waals surface area contributed by atoms with E-state index in [0.29, 0.717) is 0 Å². The zero-order chi connectivity index (χ0) is 14.6. The Hall–Kier alpha value is -1.13. The fraction of sp³-hybridized carbons (Fsp3) is 0.611. The van der Waals surface area contributed by atoms with Crippen LogP contribution in [0.1, 0.15) is 19.3 Å². The molecular weight excluding hydrogens is 290 g/mol. The fourth-order valence-electron chi connectivity index (χ4n) is 5.23. The molecule has 4 heteroatoms. The highest BCUT2D eigenvalue weighted by atomic mass is 32.1. The van der Waals surface area contributed by atoms with E-state index >= 15 is 0 Å². The van der Waals surface area contributed by atoms with E-state index in [4.69, 9.17) is 4.37 Å². The standard InChI is InChI=1S/C18H24N3S/c1-2-7-17-16(6-1)18(19-22-17)20-8-10-21(11-9-20)12-14-4-3-5-15(14)13-21/h1-2,6-7,14-15H,3-5,8-13H2/q+1. The second-order valence-corrected chi connectivity index (χ2v) is 8.40. The summed E-state index contributed by atoms with van der Waals surface area (Å²) in [5.41, 5.74) is 0. The number of aromatic nitrogens is 1. The molecule has 2 aliphatic heterocycles. The van der Waals surface area contributed by atoms with Gasteiger partial charge in [0.05, 0.1) is 44.0 Å². The van der Waals surface area contributed by atoms with Crippen molar-refractivity contribution in [2.24, 2.45) is 11.8 Å². The monoisotopic (exact) mass is 314 g/mol. The summed E-state index contributed by atoms with van der Waals surface area (Å²) in [5, 5.41) is 1.35. The molecule has 3 fully saturated rings. The summed E-state index contributed by atoms with van der Waals surface area (Å²) in [7, 11) is 0. The van der Waals surface area contributed by atoms with E-state index in [0.717, 1.165) is 11.8 Å². The van der Waals surface area contributed by atoms with Crippen molar-refractivity contribution in [2.75, 3.05) is 44.2 Å². The quantitative estimate of drug-likeness (QED) is 0.750. The number of benzene rings is 1. The summed E-state index contributed by atoms with van der Waals surface area (Å²) >= 11 is 1.65. The van der Waals surface area contributed by atoms with Crippen LogP contribution in [0, 0.1) is 11.8 Å². The van der Waals surface area contributed by atoms with Crippen LogP contribution in [-0.2, 0) is 0 Å². The Morgan fingerprint density at radius 1 is 1.05 bits per heavy atom. The summed E-state index contributed by atoms with van der Waals surface area (Å²) in [6.07, 6.45) is 4.50. The molecule has 0 radical (unpaired) electrons. The van der Waals surface area contributed by atoms with Gasteiger partial charge in [0.15, 0.2) is 5.82 Å². The molecule has 1 aromatic carbocycles. The topological polar surface area (TPSA) is 16.1 Å². The number of quaternary nitrogens is 1. The lowest BCUT2D eigenvalue weighted by Crippen LogP contribution is -2.58. The summed E-state index contributed by atoms with van der Waals surface area (Å²) in [4.78, 5) is 2.54. The predicted octanol–water partition coefficient (Wildman–Crippen LogP) is 3.36. The maximum atomic E-state index is 4.75. The van der Waals surface area contributed by atoms with Crippen LogP contribution in [0.4, 0.5) is 5.82 Å². The molecule has 116 valence electrons. The van der Waals surface area contributed by atoms with Crippen molar-refractivity contribution in [2.45, 2.75) is 19.3 Å². The van der Waals surface area contributed by atoms with Crippen molar-refractivity contribution in [3.63, 3.8) is 0 Å². The molecule has 1 saturated carbocycles.